The maximum absolute atomic E-state index is 13.1. The van der Waals surface area contributed by atoms with Crippen molar-refractivity contribution in [3.05, 3.63) is 29.6 Å². The van der Waals surface area contributed by atoms with Crippen molar-refractivity contribution in [2.45, 2.75) is 19.8 Å². The van der Waals surface area contributed by atoms with Crippen LogP contribution in [0.5, 0.6) is 5.75 Å². The SMILES string of the molecule is Cc1ccc(F)cc1OCC(=O)N1CCC[C@H](C(N)=O)C1. The lowest BCUT2D eigenvalue weighted by Gasteiger charge is -2.31. The number of ether oxygens (including phenoxy) is 1. The summed E-state index contributed by atoms with van der Waals surface area (Å²) in [5.41, 5.74) is 6.04. The molecule has 5 nitrogen and oxygen atoms in total. The van der Waals surface area contributed by atoms with Gasteiger partial charge >= 0.3 is 0 Å². The van der Waals surface area contributed by atoms with E-state index in [0.717, 1.165) is 12.0 Å². The summed E-state index contributed by atoms with van der Waals surface area (Å²) in [6.07, 6.45) is 1.46. The van der Waals surface area contributed by atoms with E-state index < -0.39 is 5.82 Å². The normalized spacial score (nSPS) is 18.4. The Balaban J connectivity index is 1.92. The highest BCUT2D eigenvalue weighted by molar-refractivity contribution is 5.81. The molecule has 1 aliphatic rings. The Hall–Kier alpha value is -2.11. The molecule has 0 saturated carbocycles. The summed E-state index contributed by atoms with van der Waals surface area (Å²) in [5, 5.41) is 0. The Labute approximate surface area is 122 Å². The number of amides is 2. The highest BCUT2D eigenvalue weighted by Crippen LogP contribution is 2.20. The van der Waals surface area contributed by atoms with Crippen LogP contribution in [0, 0.1) is 18.7 Å². The first kappa shape index (κ1) is 15.3. The van der Waals surface area contributed by atoms with Crippen LogP contribution in [0.25, 0.3) is 0 Å². The lowest BCUT2D eigenvalue weighted by Crippen LogP contribution is -2.45. The molecule has 1 aromatic carbocycles. The highest BCUT2D eigenvalue weighted by atomic mass is 19.1. The van der Waals surface area contributed by atoms with Crippen LogP contribution in [0.2, 0.25) is 0 Å². The molecule has 1 saturated heterocycles. The molecule has 1 atom stereocenters. The van der Waals surface area contributed by atoms with Crippen molar-refractivity contribution < 1.29 is 18.7 Å². The second kappa shape index (κ2) is 6.56. The molecule has 0 bridgehead atoms. The summed E-state index contributed by atoms with van der Waals surface area (Å²) in [7, 11) is 0. The monoisotopic (exact) mass is 294 g/mol. The van der Waals surface area contributed by atoms with Crippen molar-refractivity contribution in [1.29, 1.82) is 0 Å². The van der Waals surface area contributed by atoms with E-state index in [0.29, 0.717) is 25.3 Å². The fourth-order valence-electron chi connectivity index (χ4n) is 2.40. The molecule has 0 aromatic heterocycles. The van der Waals surface area contributed by atoms with Gasteiger partial charge in [0.15, 0.2) is 6.61 Å². The Bertz CT molecular complexity index is 548. The van der Waals surface area contributed by atoms with Gasteiger partial charge in [0.2, 0.25) is 5.91 Å². The molecule has 2 amide bonds. The fourth-order valence-corrected chi connectivity index (χ4v) is 2.40. The number of likely N-dealkylation sites (tertiary alicyclic amines) is 1. The minimum Gasteiger partial charge on any atom is -0.483 e. The molecule has 2 rings (SSSR count). The molecule has 1 fully saturated rings. The van der Waals surface area contributed by atoms with Crippen LogP contribution in [0.1, 0.15) is 18.4 Å². The van der Waals surface area contributed by atoms with Crippen molar-refractivity contribution in [2.75, 3.05) is 19.7 Å². The third-order valence-electron chi connectivity index (χ3n) is 3.68. The third kappa shape index (κ3) is 3.93. The number of hydrogen-bond donors (Lipinski definition) is 1. The van der Waals surface area contributed by atoms with Gasteiger partial charge in [0.25, 0.3) is 5.91 Å². The van der Waals surface area contributed by atoms with Crippen molar-refractivity contribution in [3.63, 3.8) is 0 Å². The van der Waals surface area contributed by atoms with Crippen LogP contribution in [0.4, 0.5) is 4.39 Å². The van der Waals surface area contributed by atoms with Crippen molar-refractivity contribution in [3.8, 4) is 5.75 Å². The first-order chi connectivity index (χ1) is 9.97. The van der Waals surface area contributed by atoms with Crippen molar-refractivity contribution in [2.24, 2.45) is 11.7 Å². The molecule has 2 N–H and O–H groups in total. The van der Waals surface area contributed by atoms with Gasteiger partial charge in [-0.05, 0) is 31.4 Å². The summed E-state index contributed by atoms with van der Waals surface area (Å²) < 4.78 is 18.5. The maximum atomic E-state index is 13.1. The molecule has 0 aliphatic carbocycles. The quantitative estimate of drug-likeness (QED) is 0.908. The zero-order valence-corrected chi connectivity index (χ0v) is 12.0. The largest absolute Gasteiger partial charge is 0.483 e. The topological polar surface area (TPSA) is 72.6 Å². The number of hydrogen-bond acceptors (Lipinski definition) is 3. The summed E-state index contributed by atoms with van der Waals surface area (Å²) in [6.45, 7) is 2.53. The number of rotatable bonds is 4. The number of benzene rings is 1. The van der Waals surface area contributed by atoms with E-state index in [1.165, 1.54) is 12.1 Å². The van der Waals surface area contributed by atoms with E-state index in [9.17, 15) is 14.0 Å². The number of nitrogens with two attached hydrogens (primary N) is 1. The molecule has 1 aliphatic heterocycles. The van der Waals surface area contributed by atoms with Crippen LogP contribution >= 0.6 is 0 Å². The minimum absolute atomic E-state index is 0.171. The number of carbonyl (C=O) groups is 2. The standard InChI is InChI=1S/C15H19FN2O3/c1-10-4-5-12(16)7-13(10)21-9-14(19)18-6-2-3-11(8-18)15(17)20/h4-5,7,11H,2-3,6,8-9H2,1H3,(H2,17,20)/t11-/m0/s1. The Morgan fingerprint density at radius 2 is 2.24 bits per heavy atom. The lowest BCUT2D eigenvalue weighted by atomic mass is 9.97. The Kier molecular flexibility index (Phi) is 4.77. The van der Waals surface area contributed by atoms with Gasteiger partial charge in [0.05, 0.1) is 5.92 Å². The molecule has 0 unspecified atom stereocenters. The molecule has 21 heavy (non-hydrogen) atoms. The summed E-state index contributed by atoms with van der Waals surface area (Å²) >= 11 is 0. The number of nitrogens with zero attached hydrogens (tertiary/aromatic N) is 1. The van der Waals surface area contributed by atoms with E-state index in [-0.39, 0.29) is 24.3 Å². The average molecular weight is 294 g/mol. The predicted molar refractivity (Wildman–Crippen MR) is 75.1 cm³/mol. The van der Waals surface area contributed by atoms with Crippen LogP contribution in [-0.4, -0.2) is 36.4 Å². The van der Waals surface area contributed by atoms with Crippen LogP contribution < -0.4 is 10.5 Å². The Morgan fingerprint density at radius 1 is 1.48 bits per heavy atom. The van der Waals surface area contributed by atoms with E-state index >= 15 is 0 Å². The van der Waals surface area contributed by atoms with E-state index in [2.05, 4.69) is 0 Å². The van der Waals surface area contributed by atoms with Gasteiger partial charge in [-0.1, -0.05) is 6.07 Å². The number of halogens is 1. The molecule has 114 valence electrons. The fraction of sp³-hybridized carbons (Fsp3) is 0.467. The molecule has 1 aromatic rings. The van der Waals surface area contributed by atoms with Crippen molar-refractivity contribution >= 4 is 11.8 Å². The second-order valence-corrected chi connectivity index (χ2v) is 5.28. The van der Waals surface area contributed by atoms with Gasteiger partial charge in [-0.3, -0.25) is 9.59 Å². The van der Waals surface area contributed by atoms with Gasteiger partial charge in [-0.2, -0.15) is 0 Å². The molecule has 6 heteroatoms. The van der Waals surface area contributed by atoms with Gasteiger partial charge < -0.3 is 15.4 Å². The first-order valence-electron chi connectivity index (χ1n) is 6.93. The first-order valence-corrected chi connectivity index (χ1v) is 6.93. The highest BCUT2D eigenvalue weighted by Gasteiger charge is 2.27. The number of piperidine rings is 1. The smallest absolute Gasteiger partial charge is 0.260 e. The lowest BCUT2D eigenvalue weighted by molar-refractivity contribution is -0.136. The summed E-state index contributed by atoms with van der Waals surface area (Å²) in [4.78, 5) is 24.9. The van der Waals surface area contributed by atoms with Crippen molar-refractivity contribution in [1.82, 2.24) is 4.90 Å². The molecule has 0 radical (unpaired) electrons. The molecular formula is C15H19FN2O3. The zero-order valence-electron chi connectivity index (χ0n) is 12.0. The van der Waals surface area contributed by atoms with Crippen LogP contribution in [0.3, 0.4) is 0 Å². The summed E-state index contributed by atoms with van der Waals surface area (Å²) in [5.74, 6) is -0.945. The van der Waals surface area contributed by atoms with Crippen LogP contribution in [-0.2, 0) is 9.59 Å². The second-order valence-electron chi connectivity index (χ2n) is 5.28. The van der Waals surface area contributed by atoms with Gasteiger partial charge in [-0.25, -0.2) is 4.39 Å². The average Bonchev–Trinajstić information content (AvgIpc) is 2.48. The third-order valence-corrected chi connectivity index (χ3v) is 3.68. The summed E-state index contributed by atoms with van der Waals surface area (Å²) in [6, 6.07) is 4.19. The van der Waals surface area contributed by atoms with Gasteiger partial charge in [-0.15, -0.1) is 0 Å². The van der Waals surface area contributed by atoms with E-state index in [4.69, 9.17) is 10.5 Å². The van der Waals surface area contributed by atoms with Gasteiger partial charge in [0, 0.05) is 19.2 Å². The molecular weight excluding hydrogens is 275 g/mol. The molecule has 1 heterocycles. The number of primary amides is 1. The van der Waals surface area contributed by atoms with Crippen LogP contribution in [0.15, 0.2) is 18.2 Å². The number of aryl methyl sites for hydroxylation is 1. The van der Waals surface area contributed by atoms with E-state index in [1.54, 1.807) is 17.9 Å². The molecule has 0 spiro atoms. The number of carbonyl (C=O) groups excluding carboxylic acids is 2. The Morgan fingerprint density at radius 3 is 2.95 bits per heavy atom. The zero-order chi connectivity index (χ0) is 15.4. The van der Waals surface area contributed by atoms with E-state index in [1.807, 2.05) is 0 Å². The minimum atomic E-state index is -0.408. The predicted octanol–water partition coefficient (Wildman–Crippen LogP) is 1.24. The van der Waals surface area contributed by atoms with Gasteiger partial charge in [0.1, 0.15) is 11.6 Å². The maximum Gasteiger partial charge on any atom is 0.260 e.